The van der Waals surface area contributed by atoms with Gasteiger partial charge in [-0.3, -0.25) is 9.78 Å². The van der Waals surface area contributed by atoms with Crippen LogP contribution in [-0.2, 0) is 12.8 Å². The van der Waals surface area contributed by atoms with Crippen LogP contribution in [0.1, 0.15) is 42.9 Å². The Kier molecular flexibility index (Phi) is 2.28. The van der Waals surface area contributed by atoms with Crippen LogP contribution in [0, 0.1) is 0 Å². The van der Waals surface area contributed by atoms with Gasteiger partial charge in [0.2, 0.25) is 0 Å². The molecule has 17 heavy (non-hydrogen) atoms. The Morgan fingerprint density at radius 3 is 2.82 bits per heavy atom. The van der Waals surface area contributed by atoms with Crippen molar-refractivity contribution in [1.82, 2.24) is 9.97 Å². The first kappa shape index (κ1) is 10.5. The first-order valence-corrected chi connectivity index (χ1v) is 6.20. The van der Waals surface area contributed by atoms with E-state index >= 15 is 0 Å². The number of aromatic amines is 1. The fraction of sp³-hybridized carbons (Fsp3) is 0.429. The summed E-state index contributed by atoms with van der Waals surface area (Å²) in [4.78, 5) is 19.4. The lowest BCUT2D eigenvalue weighted by Crippen LogP contribution is -2.13. The van der Waals surface area contributed by atoms with E-state index in [0.717, 1.165) is 35.9 Å². The summed E-state index contributed by atoms with van der Waals surface area (Å²) in [6.07, 6.45) is 4.90. The van der Waals surface area contributed by atoms with Crippen molar-refractivity contribution in [3.63, 3.8) is 0 Å². The number of H-pyrrole nitrogens is 1. The van der Waals surface area contributed by atoms with Crippen molar-refractivity contribution in [1.29, 1.82) is 0 Å². The van der Waals surface area contributed by atoms with Crippen LogP contribution in [0.5, 0.6) is 0 Å². The number of pyridine rings is 2. The summed E-state index contributed by atoms with van der Waals surface area (Å²) in [5.74, 6) is 0.434. The summed E-state index contributed by atoms with van der Waals surface area (Å²) in [6, 6.07) is 2.06. The van der Waals surface area contributed by atoms with Crippen molar-refractivity contribution in [2.75, 3.05) is 0 Å². The van der Waals surface area contributed by atoms with E-state index in [1.165, 1.54) is 11.1 Å². The standard InChI is InChI=1S/C14H16N2O/c1-8(2)9-6-12-13(15-7-9)10-4-3-5-11(10)14(17)16-12/h6-8H,3-5H2,1-2H3,(H,16,17). The van der Waals surface area contributed by atoms with Crippen LogP contribution in [0.3, 0.4) is 0 Å². The predicted molar refractivity (Wildman–Crippen MR) is 68.5 cm³/mol. The molecule has 0 spiro atoms. The minimum Gasteiger partial charge on any atom is -0.320 e. The van der Waals surface area contributed by atoms with Gasteiger partial charge in [-0.2, -0.15) is 0 Å². The van der Waals surface area contributed by atoms with Gasteiger partial charge in [0.1, 0.15) is 0 Å². The SMILES string of the molecule is CC(C)c1cnc2c3c(c(=O)[nH]c2c1)CCC3. The van der Waals surface area contributed by atoms with Gasteiger partial charge in [-0.1, -0.05) is 13.8 Å². The molecule has 3 heteroatoms. The number of hydrogen-bond donors (Lipinski definition) is 1. The smallest absolute Gasteiger partial charge is 0.251 e. The summed E-state index contributed by atoms with van der Waals surface area (Å²) in [7, 11) is 0. The molecule has 1 aliphatic rings. The number of aryl methyl sites for hydroxylation is 1. The van der Waals surface area contributed by atoms with Gasteiger partial charge >= 0.3 is 0 Å². The third-order valence-corrected chi connectivity index (χ3v) is 3.60. The van der Waals surface area contributed by atoms with E-state index in [9.17, 15) is 4.79 Å². The molecule has 0 aromatic carbocycles. The number of rotatable bonds is 1. The lowest BCUT2D eigenvalue weighted by atomic mass is 10.0. The van der Waals surface area contributed by atoms with E-state index in [-0.39, 0.29) is 5.56 Å². The Morgan fingerprint density at radius 2 is 2.06 bits per heavy atom. The maximum absolute atomic E-state index is 11.9. The number of nitrogens with one attached hydrogen (secondary N) is 1. The van der Waals surface area contributed by atoms with Crippen molar-refractivity contribution in [2.24, 2.45) is 0 Å². The highest BCUT2D eigenvalue weighted by atomic mass is 16.1. The second-order valence-corrected chi connectivity index (χ2v) is 5.08. The van der Waals surface area contributed by atoms with Crippen LogP contribution in [0.25, 0.3) is 11.0 Å². The van der Waals surface area contributed by atoms with Gasteiger partial charge in [0, 0.05) is 11.8 Å². The molecule has 3 rings (SSSR count). The molecule has 0 radical (unpaired) electrons. The highest BCUT2D eigenvalue weighted by Gasteiger charge is 2.18. The first-order valence-electron chi connectivity index (χ1n) is 6.20. The molecule has 2 aromatic heterocycles. The Bertz CT molecular complexity index is 640. The Hall–Kier alpha value is -1.64. The topological polar surface area (TPSA) is 45.8 Å². The van der Waals surface area contributed by atoms with E-state index in [2.05, 4.69) is 29.9 Å². The van der Waals surface area contributed by atoms with Crippen molar-refractivity contribution in [3.05, 3.63) is 39.3 Å². The zero-order chi connectivity index (χ0) is 12.0. The monoisotopic (exact) mass is 228 g/mol. The summed E-state index contributed by atoms with van der Waals surface area (Å²) in [6.45, 7) is 4.27. The van der Waals surface area contributed by atoms with Crippen LogP contribution < -0.4 is 5.56 Å². The van der Waals surface area contributed by atoms with Crippen molar-refractivity contribution < 1.29 is 0 Å². The van der Waals surface area contributed by atoms with Crippen molar-refractivity contribution in [2.45, 2.75) is 39.0 Å². The first-order chi connectivity index (χ1) is 8.16. The summed E-state index contributed by atoms with van der Waals surface area (Å²) >= 11 is 0. The van der Waals surface area contributed by atoms with Gasteiger partial charge in [0.25, 0.3) is 5.56 Å². The molecule has 1 aliphatic carbocycles. The Morgan fingerprint density at radius 1 is 1.29 bits per heavy atom. The molecule has 2 heterocycles. The predicted octanol–water partition coefficient (Wildman–Crippen LogP) is 2.54. The third kappa shape index (κ3) is 1.57. The third-order valence-electron chi connectivity index (χ3n) is 3.60. The molecule has 0 atom stereocenters. The highest BCUT2D eigenvalue weighted by molar-refractivity contribution is 5.79. The molecule has 0 saturated heterocycles. The molecule has 0 unspecified atom stereocenters. The van der Waals surface area contributed by atoms with Gasteiger partial charge in [-0.15, -0.1) is 0 Å². The zero-order valence-electron chi connectivity index (χ0n) is 10.2. The molecule has 88 valence electrons. The Labute approximate surface area is 99.9 Å². The summed E-state index contributed by atoms with van der Waals surface area (Å²) < 4.78 is 0. The lowest BCUT2D eigenvalue weighted by Gasteiger charge is -2.08. The van der Waals surface area contributed by atoms with Gasteiger partial charge in [0.15, 0.2) is 0 Å². The highest BCUT2D eigenvalue weighted by Crippen LogP contribution is 2.26. The molecular weight excluding hydrogens is 212 g/mol. The summed E-state index contributed by atoms with van der Waals surface area (Å²) in [5, 5.41) is 0. The number of fused-ring (bicyclic) bond motifs is 3. The fourth-order valence-corrected chi connectivity index (χ4v) is 2.59. The molecule has 1 N–H and O–H groups in total. The van der Waals surface area contributed by atoms with Crippen LogP contribution in [-0.4, -0.2) is 9.97 Å². The average molecular weight is 228 g/mol. The second kappa shape index (κ2) is 3.69. The van der Waals surface area contributed by atoms with E-state index in [0.29, 0.717) is 5.92 Å². The minimum absolute atomic E-state index is 0.0766. The van der Waals surface area contributed by atoms with Crippen LogP contribution in [0.4, 0.5) is 0 Å². The van der Waals surface area contributed by atoms with Gasteiger partial charge in [0.05, 0.1) is 11.0 Å². The molecule has 3 nitrogen and oxygen atoms in total. The second-order valence-electron chi connectivity index (χ2n) is 5.08. The molecule has 0 amide bonds. The van der Waals surface area contributed by atoms with Crippen LogP contribution >= 0.6 is 0 Å². The molecule has 0 aliphatic heterocycles. The number of hydrogen-bond acceptors (Lipinski definition) is 2. The van der Waals surface area contributed by atoms with Gasteiger partial charge < -0.3 is 4.98 Å². The Balaban J connectivity index is 2.33. The fourth-order valence-electron chi connectivity index (χ4n) is 2.59. The molecule has 0 bridgehead atoms. The number of nitrogens with zero attached hydrogens (tertiary/aromatic N) is 1. The largest absolute Gasteiger partial charge is 0.320 e. The van der Waals surface area contributed by atoms with E-state index < -0.39 is 0 Å². The molecule has 2 aromatic rings. The summed E-state index contributed by atoms with van der Waals surface area (Å²) in [5.41, 5.74) is 5.24. The van der Waals surface area contributed by atoms with Crippen molar-refractivity contribution >= 4 is 11.0 Å². The number of aromatic nitrogens is 2. The van der Waals surface area contributed by atoms with E-state index in [1.807, 2.05) is 6.20 Å². The average Bonchev–Trinajstić information content (AvgIpc) is 2.78. The van der Waals surface area contributed by atoms with Gasteiger partial charge in [-0.05, 0) is 42.4 Å². The maximum Gasteiger partial charge on any atom is 0.251 e. The van der Waals surface area contributed by atoms with Crippen molar-refractivity contribution in [3.8, 4) is 0 Å². The lowest BCUT2D eigenvalue weighted by molar-refractivity contribution is 0.860. The van der Waals surface area contributed by atoms with Gasteiger partial charge in [-0.25, -0.2) is 0 Å². The van der Waals surface area contributed by atoms with E-state index in [4.69, 9.17) is 0 Å². The molecule has 0 fully saturated rings. The quantitative estimate of drug-likeness (QED) is 0.815. The molecular formula is C14H16N2O. The normalized spacial score (nSPS) is 14.5. The zero-order valence-corrected chi connectivity index (χ0v) is 10.2. The van der Waals surface area contributed by atoms with Crippen LogP contribution in [0.2, 0.25) is 0 Å². The van der Waals surface area contributed by atoms with E-state index in [1.54, 1.807) is 0 Å². The van der Waals surface area contributed by atoms with Crippen LogP contribution in [0.15, 0.2) is 17.1 Å². The minimum atomic E-state index is 0.0766. The molecule has 0 saturated carbocycles. The maximum atomic E-state index is 11.9.